The van der Waals surface area contributed by atoms with E-state index in [1.54, 1.807) is 0 Å². The summed E-state index contributed by atoms with van der Waals surface area (Å²) in [5.74, 6) is -0.0299. The molecule has 1 aromatic carbocycles. The van der Waals surface area contributed by atoms with E-state index in [0.29, 0.717) is 5.56 Å². The Morgan fingerprint density at radius 3 is 2.40 bits per heavy atom. The maximum Gasteiger partial charge on any atom is 0.251 e. The van der Waals surface area contributed by atoms with Gasteiger partial charge in [0.1, 0.15) is 0 Å². The molecule has 4 nitrogen and oxygen atoms in total. The Bertz CT molecular complexity index is 597. The van der Waals surface area contributed by atoms with Crippen LogP contribution in [0.25, 0.3) is 0 Å². The van der Waals surface area contributed by atoms with Crippen LogP contribution in [0.15, 0.2) is 30.3 Å². The lowest BCUT2D eigenvalue weighted by molar-refractivity contribution is 0.0943. The van der Waals surface area contributed by atoms with E-state index in [9.17, 15) is 4.79 Å². The van der Waals surface area contributed by atoms with E-state index < -0.39 is 0 Å². The number of carbonyl (C=O) groups excluding carboxylic acids is 1. The van der Waals surface area contributed by atoms with E-state index in [4.69, 9.17) is 0 Å². The molecule has 20 heavy (non-hydrogen) atoms. The average Bonchev–Trinajstić information content (AvgIpc) is 2.68. The Morgan fingerprint density at radius 2 is 1.90 bits per heavy atom. The van der Waals surface area contributed by atoms with Crippen molar-refractivity contribution in [2.45, 2.75) is 40.3 Å². The van der Waals surface area contributed by atoms with E-state index >= 15 is 0 Å². The van der Waals surface area contributed by atoms with Gasteiger partial charge in [0.05, 0.1) is 12.2 Å². The molecule has 0 aliphatic rings. The number of hydrogen-bond acceptors (Lipinski definition) is 2. The molecule has 1 aromatic heterocycles. The third-order valence-electron chi connectivity index (χ3n) is 3.07. The lowest BCUT2D eigenvalue weighted by Gasteiger charge is -2.09. The molecule has 0 saturated carbocycles. The highest BCUT2D eigenvalue weighted by molar-refractivity contribution is 5.94. The first-order chi connectivity index (χ1) is 9.45. The molecule has 1 heterocycles. The summed E-state index contributed by atoms with van der Waals surface area (Å²) in [6.07, 6.45) is 0. The van der Waals surface area contributed by atoms with Crippen molar-refractivity contribution < 1.29 is 4.79 Å². The number of aryl methyl sites for hydroxylation is 2. The first kappa shape index (κ1) is 14.3. The van der Waals surface area contributed by atoms with Crippen LogP contribution < -0.4 is 5.32 Å². The lowest BCUT2D eigenvalue weighted by atomic mass is 10.1. The molecular formula is C16H21N3O. The largest absolute Gasteiger partial charge is 0.350 e. The number of nitrogens with one attached hydrogen (secondary N) is 1. The zero-order valence-corrected chi connectivity index (χ0v) is 12.5. The molecule has 0 bridgehead atoms. The normalized spacial score (nSPS) is 10.8. The van der Waals surface area contributed by atoms with Crippen LogP contribution in [0.4, 0.5) is 0 Å². The Kier molecular flexibility index (Phi) is 4.23. The van der Waals surface area contributed by atoms with Gasteiger partial charge >= 0.3 is 0 Å². The Labute approximate surface area is 119 Å². The number of nitrogens with zero attached hydrogens (tertiary/aromatic N) is 2. The van der Waals surface area contributed by atoms with Crippen LogP contribution in [-0.2, 0) is 6.54 Å². The molecule has 0 atom stereocenters. The Balaban J connectivity index is 2.08. The minimum absolute atomic E-state index is 0.0299. The molecule has 0 fully saturated rings. The van der Waals surface area contributed by atoms with Gasteiger partial charge < -0.3 is 5.32 Å². The van der Waals surface area contributed by atoms with Crippen LogP contribution in [0.3, 0.4) is 0 Å². The van der Waals surface area contributed by atoms with Crippen LogP contribution in [0, 0.1) is 13.8 Å². The first-order valence-electron chi connectivity index (χ1n) is 6.86. The summed E-state index contributed by atoms with van der Waals surface area (Å²) in [4.78, 5) is 11.9. The van der Waals surface area contributed by atoms with E-state index in [2.05, 4.69) is 16.5 Å². The molecule has 0 spiro atoms. The number of carbonyl (C=O) groups is 1. The topological polar surface area (TPSA) is 46.9 Å². The second-order valence-corrected chi connectivity index (χ2v) is 5.41. The van der Waals surface area contributed by atoms with Gasteiger partial charge in [-0.15, -0.1) is 0 Å². The zero-order chi connectivity index (χ0) is 14.7. The molecule has 0 unspecified atom stereocenters. The van der Waals surface area contributed by atoms with Gasteiger partial charge in [-0.3, -0.25) is 9.48 Å². The fourth-order valence-electron chi connectivity index (χ4n) is 2.11. The predicted octanol–water partition coefficient (Wildman–Crippen LogP) is 2.69. The van der Waals surface area contributed by atoms with Crippen molar-refractivity contribution in [3.63, 3.8) is 0 Å². The third-order valence-corrected chi connectivity index (χ3v) is 3.07. The summed E-state index contributed by atoms with van der Waals surface area (Å²) in [5.41, 5.74) is 3.99. The van der Waals surface area contributed by atoms with Crippen LogP contribution in [0.5, 0.6) is 0 Å². The highest BCUT2D eigenvalue weighted by Crippen LogP contribution is 2.09. The van der Waals surface area contributed by atoms with Gasteiger partial charge in [-0.2, -0.15) is 5.10 Å². The van der Waals surface area contributed by atoms with Crippen molar-refractivity contribution in [2.75, 3.05) is 0 Å². The average molecular weight is 271 g/mol. The zero-order valence-electron chi connectivity index (χ0n) is 12.5. The molecule has 0 radical (unpaired) electrons. The number of amides is 1. The summed E-state index contributed by atoms with van der Waals surface area (Å²) < 4.78 is 1.97. The van der Waals surface area contributed by atoms with E-state index in [-0.39, 0.29) is 11.9 Å². The summed E-state index contributed by atoms with van der Waals surface area (Å²) in [6.45, 7) is 8.67. The molecule has 0 aliphatic carbocycles. The maximum atomic E-state index is 11.9. The van der Waals surface area contributed by atoms with Gasteiger partial charge in [0.2, 0.25) is 0 Å². The van der Waals surface area contributed by atoms with E-state index in [1.165, 1.54) is 0 Å². The van der Waals surface area contributed by atoms with Crippen molar-refractivity contribution in [3.05, 3.63) is 52.8 Å². The molecular weight excluding hydrogens is 250 g/mol. The summed E-state index contributed by atoms with van der Waals surface area (Å²) in [6, 6.07) is 9.89. The van der Waals surface area contributed by atoms with Gasteiger partial charge in [-0.25, -0.2) is 0 Å². The molecule has 2 aromatic rings. The highest BCUT2D eigenvalue weighted by Gasteiger charge is 2.07. The third kappa shape index (κ3) is 3.47. The van der Waals surface area contributed by atoms with Gasteiger partial charge in [0.15, 0.2) is 0 Å². The molecule has 0 saturated heterocycles. The number of aromatic nitrogens is 2. The predicted molar refractivity (Wildman–Crippen MR) is 79.8 cm³/mol. The van der Waals surface area contributed by atoms with Gasteiger partial charge in [0, 0.05) is 17.3 Å². The van der Waals surface area contributed by atoms with Crippen molar-refractivity contribution in [2.24, 2.45) is 0 Å². The molecule has 0 aliphatic heterocycles. The van der Waals surface area contributed by atoms with Gasteiger partial charge in [-0.1, -0.05) is 12.1 Å². The van der Waals surface area contributed by atoms with Crippen LogP contribution in [0.1, 0.15) is 41.2 Å². The second-order valence-electron chi connectivity index (χ2n) is 5.41. The molecule has 4 heteroatoms. The van der Waals surface area contributed by atoms with Gasteiger partial charge in [-0.05, 0) is 51.5 Å². The highest BCUT2D eigenvalue weighted by atomic mass is 16.1. The van der Waals surface area contributed by atoms with Crippen molar-refractivity contribution in [3.8, 4) is 0 Å². The Morgan fingerprint density at radius 1 is 1.25 bits per heavy atom. The maximum absolute atomic E-state index is 11.9. The summed E-state index contributed by atoms with van der Waals surface area (Å²) >= 11 is 0. The van der Waals surface area contributed by atoms with Crippen LogP contribution in [0.2, 0.25) is 0 Å². The van der Waals surface area contributed by atoms with Crippen molar-refractivity contribution in [1.29, 1.82) is 0 Å². The standard InChI is InChI=1S/C16H21N3O/c1-11(2)17-16(20)15-7-5-14(6-8-15)10-19-13(4)9-12(3)18-19/h5-9,11H,10H2,1-4H3,(H,17,20). The van der Waals surface area contributed by atoms with Crippen molar-refractivity contribution in [1.82, 2.24) is 15.1 Å². The minimum atomic E-state index is -0.0299. The molecule has 1 N–H and O–H groups in total. The molecule has 106 valence electrons. The number of benzene rings is 1. The fourth-order valence-corrected chi connectivity index (χ4v) is 2.11. The Hall–Kier alpha value is -2.10. The van der Waals surface area contributed by atoms with E-state index in [0.717, 1.165) is 23.5 Å². The summed E-state index contributed by atoms with van der Waals surface area (Å²) in [7, 11) is 0. The van der Waals surface area contributed by atoms with Crippen molar-refractivity contribution >= 4 is 5.91 Å². The molecule has 2 rings (SSSR count). The SMILES string of the molecule is Cc1cc(C)n(Cc2ccc(C(=O)NC(C)C)cc2)n1. The monoisotopic (exact) mass is 271 g/mol. The summed E-state index contributed by atoms with van der Waals surface area (Å²) in [5, 5.41) is 7.32. The van der Waals surface area contributed by atoms with Gasteiger partial charge in [0.25, 0.3) is 5.91 Å². The fraction of sp³-hybridized carbons (Fsp3) is 0.375. The number of hydrogen-bond donors (Lipinski definition) is 1. The lowest BCUT2D eigenvalue weighted by Crippen LogP contribution is -2.30. The quantitative estimate of drug-likeness (QED) is 0.929. The van der Waals surface area contributed by atoms with E-state index in [1.807, 2.05) is 56.6 Å². The first-order valence-corrected chi connectivity index (χ1v) is 6.86. The second kappa shape index (κ2) is 5.90. The van der Waals surface area contributed by atoms with Crippen LogP contribution in [-0.4, -0.2) is 21.7 Å². The smallest absolute Gasteiger partial charge is 0.251 e. The minimum Gasteiger partial charge on any atom is -0.350 e. The van der Waals surface area contributed by atoms with Crippen LogP contribution >= 0.6 is 0 Å². The molecule has 1 amide bonds. The number of rotatable bonds is 4.